The largest absolute Gasteiger partial charge is 0.375 e. The van der Waals surface area contributed by atoms with E-state index in [1.807, 2.05) is 0 Å². The summed E-state index contributed by atoms with van der Waals surface area (Å²) >= 11 is 0. The van der Waals surface area contributed by atoms with Gasteiger partial charge in [0, 0.05) is 52.6 Å². The summed E-state index contributed by atoms with van der Waals surface area (Å²) in [5.74, 6) is 0.614. The summed E-state index contributed by atoms with van der Waals surface area (Å²) in [5, 5.41) is 11.6. The van der Waals surface area contributed by atoms with Crippen LogP contribution in [0.3, 0.4) is 0 Å². The Hall–Kier alpha value is -3.16. The van der Waals surface area contributed by atoms with E-state index in [1.165, 1.54) is 7.11 Å². The Balaban J connectivity index is 0.00000162. The van der Waals surface area contributed by atoms with Crippen molar-refractivity contribution in [1.82, 2.24) is 34.3 Å². The van der Waals surface area contributed by atoms with E-state index < -0.39 is 5.54 Å². The molecule has 1 aliphatic carbocycles. The number of likely N-dealkylation sites (tertiary alicyclic amines) is 1. The van der Waals surface area contributed by atoms with Gasteiger partial charge in [-0.25, -0.2) is 11.6 Å². The summed E-state index contributed by atoms with van der Waals surface area (Å²) in [4.78, 5) is 38.1. The van der Waals surface area contributed by atoms with Gasteiger partial charge in [-0.05, 0) is 12.8 Å². The molecule has 13 heteroatoms. The van der Waals surface area contributed by atoms with Crippen molar-refractivity contribution in [3.8, 4) is 11.4 Å². The molecule has 1 aliphatic heterocycles. The van der Waals surface area contributed by atoms with Crippen molar-refractivity contribution < 1.29 is 35.4 Å². The van der Waals surface area contributed by atoms with E-state index in [0.29, 0.717) is 30.1 Å². The number of carbonyl (C=O) groups excluding carboxylic acids is 2. The Morgan fingerprint density at radius 3 is 2.79 bits per heavy atom. The van der Waals surface area contributed by atoms with E-state index >= 15 is 0 Å². The van der Waals surface area contributed by atoms with E-state index in [4.69, 9.17) is 11.3 Å². The Morgan fingerprint density at radius 2 is 2.12 bits per heavy atom. The van der Waals surface area contributed by atoms with E-state index in [-0.39, 0.29) is 65.3 Å². The number of nitrogens with zero attached hydrogens (tertiary/aromatic N) is 8. The Bertz CT molecular complexity index is 1240. The maximum Gasteiger partial charge on any atom is 0.249 e. The molecule has 12 nitrogen and oxygen atoms in total. The molecule has 178 valence electrons. The van der Waals surface area contributed by atoms with Gasteiger partial charge < -0.3 is 21.9 Å². The second-order valence-electron chi connectivity index (χ2n) is 8.13. The minimum Gasteiger partial charge on any atom is -0.375 e. The van der Waals surface area contributed by atoms with Gasteiger partial charge in [0.1, 0.15) is 6.61 Å². The molecule has 0 aromatic carbocycles. The normalized spacial score (nSPS) is 16.1. The number of anilines is 1. The molecular weight excluding hydrogens is 610 g/mol. The Labute approximate surface area is 210 Å². The van der Waals surface area contributed by atoms with Crippen molar-refractivity contribution in [3.63, 3.8) is 0 Å². The van der Waals surface area contributed by atoms with E-state index in [1.54, 1.807) is 38.8 Å². The van der Waals surface area contributed by atoms with E-state index in [0.717, 1.165) is 12.8 Å². The number of ether oxygens (including phenoxy) is 1. The van der Waals surface area contributed by atoms with Crippen LogP contribution in [0.5, 0.6) is 0 Å². The first kappa shape index (κ1) is 25.5. The van der Waals surface area contributed by atoms with Crippen LogP contribution in [-0.4, -0.2) is 79.4 Å². The summed E-state index contributed by atoms with van der Waals surface area (Å²) in [6, 6.07) is 1.71. The van der Waals surface area contributed by atoms with Gasteiger partial charge in [-0.15, -0.1) is 5.10 Å². The number of carbonyl (C=O) groups is 2. The van der Waals surface area contributed by atoms with Crippen LogP contribution in [0, 0.1) is 19.9 Å². The quantitative estimate of drug-likeness (QED) is 0.383. The SMILES string of the molecule is [C-]#[N+]CC1(n2cc(-c3nccc4nc(NC(=O)C5CC5)nn34)cn2)CN(C(=O)COC)C1.[CH3-].[W]. The molecule has 5 rings (SSSR count). The smallest absolute Gasteiger partial charge is 0.249 e. The van der Waals surface area contributed by atoms with Gasteiger partial charge in [0.05, 0.1) is 24.8 Å². The van der Waals surface area contributed by atoms with Crippen molar-refractivity contribution in [2.75, 3.05) is 38.7 Å². The molecule has 0 radical (unpaired) electrons. The first-order valence-corrected chi connectivity index (χ1v) is 10.2. The minimum atomic E-state index is -0.594. The molecule has 1 saturated heterocycles. The number of aromatic nitrogens is 6. The van der Waals surface area contributed by atoms with Crippen LogP contribution in [0.1, 0.15) is 12.8 Å². The number of fused-ring (bicyclic) bond motifs is 1. The Kier molecular flexibility index (Phi) is 7.48. The summed E-state index contributed by atoms with van der Waals surface area (Å²) in [6.07, 6.45) is 6.86. The third kappa shape index (κ3) is 4.58. The standard InChI is InChI=1S/C20H21N9O3.CH3.W/c1-21-10-20(11-27(12-20)16(30)9-32-2)28-8-14(7-23-28)17-22-6-5-15-24-19(26-29(15)17)25-18(31)13-3-4-13;;/h5-8,13H,3-4,9-12H2,2H3,(H,25,26,31);1H3;/q;-1;. The molecule has 0 unspecified atom stereocenters. The topological polar surface area (TPSA) is 124 Å². The average molecular weight is 634 g/mol. The van der Waals surface area contributed by atoms with Crippen molar-refractivity contribution in [3.05, 3.63) is 43.5 Å². The van der Waals surface area contributed by atoms with Crippen LogP contribution in [-0.2, 0) is 40.9 Å². The fourth-order valence-electron chi connectivity index (χ4n) is 3.84. The summed E-state index contributed by atoms with van der Waals surface area (Å²) in [7, 11) is 1.48. The Morgan fingerprint density at radius 1 is 1.35 bits per heavy atom. The molecule has 3 aromatic heterocycles. The molecule has 2 amide bonds. The van der Waals surface area contributed by atoms with Gasteiger partial charge in [0.15, 0.2) is 17.0 Å². The zero-order valence-corrected chi connectivity index (χ0v) is 21.8. The number of nitrogens with one attached hydrogen (secondary N) is 1. The molecule has 4 heterocycles. The van der Waals surface area contributed by atoms with Gasteiger partial charge in [-0.1, -0.05) is 0 Å². The van der Waals surface area contributed by atoms with E-state index in [2.05, 4.69) is 30.3 Å². The molecule has 0 bridgehead atoms. The molecule has 2 fully saturated rings. The van der Waals surface area contributed by atoms with Gasteiger partial charge in [0.2, 0.25) is 24.3 Å². The zero-order chi connectivity index (χ0) is 22.3. The summed E-state index contributed by atoms with van der Waals surface area (Å²) < 4.78 is 8.20. The van der Waals surface area contributed by atoms with Crippen LogP contribution >= 0.6 is 0 Å². The molecule has 3 aromatic rings. The molecular formula is C21H24N9O3W-. The number of methoxy groups -OCH3 is 1. The second kappa shape index (κ2) is 9.99. The fourth-order valence-corrected chi connectivity index (χ4v) is 3.84. The second-order valence-corrected chi connectivity index (χ2v) is 8.13. The molecule has 0 atom stereocenters. The monoisotopic (exact) mass is 634 g/mol. The first-order valence-electron chi connectivity index (χ1n) is 10.2. The van der Waals surface area contributed by atoms with Crippen LogP contribution in [0.2, 0.25) is 0 Å². The van der Waals surface area contributed by atoms with Gasteiger partial charge in [-0.3, -0.25) is 19.6 Å². The van der Waals surface area contributed by atoms with Crippen LogP contribution in [0.4, 0.5) is 5.95 Å². The van der Waals surface area contributed by atoms with Crippen molar-refractivity contribution >= 4 is 23.4 Å². The number of amides is 2. The number of hydrogen-bond acceptors (Lipinski definition) is 7. The van der Waals surface area contributed by atoms with Gasteiger partial charge in [-0.2, -0.15) is 14.6 Å². The molecule has 2 aliphatic rings. The fraction of sp³-hybridized carbons (Fsp3) is 0.429. The number of hydrogen-bond donors (Lipinski definition) is 1. The minimum absolute atomic E-state index is 0. The predicted octanol–water partition coefficient (Wildman–Crippen LogP) is 0.887. The van der Waals surface area contributed by atoms with Crippen LogP contribution in [0.25, 0.3) is 21.9 Å². The molecule has 1 saturated carbocycles. The van der Waals surface area contributed by atoms with Gasteiger partial charge >= 0.3 is 0 Å². The van der Waals surface area contributed by atoms with Crippen LogP contribution < -0.4 is 5.32 Å². The van der Waals surface area contributed by atoms with Crippen LogP contribution in [0.15, 0.2) is 24.7 Å². The maximum atomic E-state index is 12.1. The molecule has 34 heavy (non-hydrogen) atoms. The third-order valence-electron chi connectivity index (χ3n) is 5.73. The zero-order valence-electron chi connectivity index (χ0n) is 18.8. The average Bonchev–Trinajstić information content (AvgIpc) is 3.34. The van der Waals surface area contributed by atoms with Crippen molar-refractivity contribution in [1.29, 1.82) is 0 Å². The third-order valence-corrected chi connectivity index (χ3v) is 5.73. The van der Waals surface area contributed by atoms with Crippen molar-refractivity contribution in [2.24, 2.45) is 5.92 Å². The maximum absolute atomic E-state index is 12.1. The van der Waals surface area contributed by atoms with E-state index in [9.17, 15) is 9.59 Å². The predicted molar refractivity (Wildman–Crippen MR) is 118 cm³/mol. The number of rotatable bonds is 7. The van der Waals surface area contributed by atoms with Gasteiger partial charge in [0.25, 0.3) is 0 Å². The first-order chi connectivity index (χ1) is 15.5. The summed E-state index contributed by atoms with van der Waals surface area (Å²) in [6.45, 7) is 8.34. The molecule has 1 N–H and O–H groups in total. The van der Waals surface area contributed by atoms with Crippen molar-refractivity contribution in [2.45, 2.75) is 18.4 Å². The summed E-state index contributed by atoms with van der Waals surface area (Å²) in [5.41, 5.74) is 0.638. The molecule has 0 spiro atoms.